The molecule has 2 nitrogen and oxygen atoms in total. The van der Waals surface area contributed by atoms with Crippen LogP contribution >= 0.6 is 11.3 Å². The van der Waals surface area contributed by atoms with E-state index in [1.54, 1.807) is 0 Å². The first kappa shape index (κ1) is 15.7. The molecule has 1 aliphatic heterocycles. The quantitative estimate of drug-likeness (QED) is 0.374. The summed E-state index contributed by atoms with van der Waals surface area (Å²) in [5.41, 5.74) is 5.11. The van der Waals surface area contributed by atoms with Crippen LogP contribution in [0, 0.1) is 6.92 Å². The van der Waals surface area contributed by atoms with Crippen LogP contribution in [0.15, 0.2) is 60.7 Å². The highest BCUT2D eigenvalue weighted by molar-refractivity contribution is 7.26. The molecule has 0 fully saturated rings. The van der Waals surface area contributed by atoms with Crippen LogP contribution in [0.2, 0.25) is 0 Å². The number of fused-ring (bicyclic) bond motifs is 4. The third kappa shape index (κ3) is 1.92. The SMILES string of the molecule is Cc1ccc2c(sc3ccccc32)c1N1c2ccccc2N(C)C1(C)C. The Bertz CT molecular complexity index is 1160. The summed E-state index contributed by atoms with van der Waals surface area (Å²) in [6.45, 7) is 6.84. The molecule has 0 radical (unpaired) electrons. The van der Waals surface area contributed by atoms with Gasteiger partial charge in [0.15, 0.2) is 0 Å². The van der Waals surface area contributed by atoms with Crippen molar-refractivity contribution in [1.29, 1.82) is 0 Å². The Kier molecular flexibility index (Phi) is 3.17. The summed E-state index contributed by atoms with van der Waals surface area (Å²) in [5, 5.41) is 2.71. The number of nitrogens with zero attached hydrogens (tertiary/aromatic N) is 2. The molecule has 3 heteroatoms. The van der Waals surface area contributed by atoms with Crippen molar-refractivity contribution in [1.82, 2.24) is 0 Å². The molecule has 0 unspecified atom stereocenters. The zero-order chi connectivity index (χ0) is 18.1. The summed E-state index contributed by atoms with van der Waals surface area (Å²) in [4.78, 5) is 4.91. The number of hydrogen-bond donors (Lipinski definition) is 0. The lowest BCUT2D eigenvalue weighted by Gasteiger charge is -2.39. The predicted molar refractivity (Wildman–Crippen MR) is 115 cm³/mol. The van der Waals surface area contributed by atoms with Crippen molar-refractivity contribution in [3.63, 3.8) is 0 Å². The molecule has 1 aromatic heterocycles. The Hall–Kier alpha value is -2.52. The Morgan fingerprint density at radius 1 is 0.808 bits per heavy atom. The number of aryl methyl sites for hydroxylation is 1. The molecule has 0 atom stereocenters. The highest BCUT2D eigenvalue weighted by Crippen LogP contribution is 2.52. The lowest BCUT2D eigenvalue weighted by molar-refractivity contribution is 0.522. The predicted octanol–water partition coefficient (Wildman–Crippen LogP) is 6.69. The number of thiophene rings is 1. The minimum Gasteiger partial charge on any atom is -0.350 e. The van der Waals surface area contributed by atoms with E-state index < -0.39 is 0 Å². The first-order chi connectivity index (χ1) is 12.5. The monoisotopic (exact) mass is 358 g/mol. The molecule has 2 heterocycles. The van der Waals surface area contributed by atoms with Crippen molar-refractivity contribution in [3.8, 4) is 0 Å². The summed E-state index contributed by atoms with van der Waals surface area (Å²) < 4.78 is 2.73. The van der Waals surface area contributed by atoms with Gasteiger partial charge in [-0.1, -0.05) is 42.5 Å². The molecule has 0 saturated carbocycles. The molecule has 0 N–H and O–H groups in total. The zero-order valence-corrected chi connectivity index (χ0v) is 16.4. The van der Waals surface area contributed by atoms with Crippen molar-refractivity contribution in [2.75, 3.05) is 16.8 Å². The molecular weight excluding hydrogens is 336 g/mol. The first-order valence-corrected chi connectivity index (χ1v) is 9.86. The lowest BCUT2D eigenvalue weighted by atomic mass is 10.0. The van der Waals surface area contributed by atoms with Crippen molar-refractivity contribution in [2.24, 2.45) is 0 Å². The largest absolute Gasteiger partial charge is 0.350 e. The van der Waals surface area contributed by atoms with Gasteiger partial charge in [0.25, 0.3) is 0 Å². The van der Waals surface area contributed by atoms with E-state index in [1.165, 1.54) is 42.8 Å². The third-order valence-electron chi connectivity index (χ3n) is 5.80. The second-order valence-electron chi connectivity index (χ2n) is 7.58. The lowest BCUT2D eigenvalue weighted by Crippen LogP contribution is -2.48. The van der Waals surface area contributed by atoms with Gasteiger partial charge in [0.1, 0.15) is 5.66 Å². The normalized spacial score (nSPS) is 15.8. The van der Waals surface area contributed by atoms with Crippen LogP contribution in [0.25, 0.3) is 20.2 Å². The van der Waals surface area contributed by atoms with Crippen molar-refractivity contribution < 1.29 is 0 Å². The van der Waals surface area contributed by atoms with Gasteiger partial charge in [0, 0.05) is 22.5 Å². The summed E-state index contributed by atoms with van der Waals surface area (Å²) in [6, 6.07) is 22.0. The van der Waals surface area contributed by atoms with Gasteiger partial charge in [-0.2, -0.15) is 0 Å². The Morgan fingerprint density at radius 3 is 2.31 bits per heavy atom. The van der Waals surface area contributed by atoms with E-state index in [0.717, 1.165) is 0 Å². The van der Waals surface area contributed by atoms with Gasteiger partial charge in [-0.25, -0.2) is 0 Å². The fraction of sp³-hybridized carbons (Fsp3) is 0.217. The maximum absolute atomic E-state index is 2.52. The zero-order valence-electron chi connectivity index (χ0n) is 15.6. The first-order valence-electron chi connectivity index (χ1n) is 9.04. The van der Waals surface area contributed by atoms with E-state index in [0.29, 0.717) is 0 Å². The van der Waals surface area contributed by atoms with Crippen LogP contribution in [0.3, 0.4) is 0 Å². The number of rotatable bonds is 1. The Morgan fingerprint density at radius 2 is 1.50 bits per heavy atom. The third-order valence-corrected chi connectivity index (χ3v) is 6.99. The smallest absolute Gasteiger partial charge is 0.112 e. The minimum atomic E-state index is -0.126. The Labute approximate surface area is 158 Å². The highest BCUT2D eigenvalue weighted by atomic mass is 32.1. The van der Waals surface area contributed by atoms with Crippen molar-refractivity contribution in [3.05, 3.63) is 66.2 Å². The maximum atomic E-state index is 2.52. The topological polar surface area (TPSA) is 6.48 Å². The van der Waals surface area contributed by atoms with Gasteiger partial charge in [-0.05, 0) is 44.5 Å². The summed E-state index contributed by atoms with van der Waals surface area (Å²) in [7, 11) is 2.19. The molecule has 1 aliphatic rings. The summed E-state index contributed by atoms with van der Waals surface area (Å²) in [5.74, 6) is 0. The molecule has 0 saturated heterocycles. The van der Waals surface area contributed by atoms with E-state index in [2.05, 4.69) is 98.3 Å². The Balaban J connectivity index is 1.88. The minimum absolute atomic E-state index is 0.126. The molecule has 4 aromatic rings. The van der Waals surface area contributed by atoms with Gasteiger partial charge in [-0.15, -0.1) is 11.3 Å². The number of anilines is 3. The van der Waals surface area contributed by atoms with Gasteiger partial charge < -0.3 is 9.80 Å². The van der Waals surface area contributed by atoms with Gasteiger partial charge >= 0.3 is 0 Å². The van der Waals surface area contributed by atoms with E-state index in [9.17, 15) is 0 Å². The van der Waals surface area contributed by atoms with E-state index >= 15 is 0 Å². The van der Waals surface area contributed by atoms with Crippen molar-refractivity contribution in [2.45, 2.75) is 26.4 Å². The molecule has 26 heavy (non-hydrogen) atoms. The van der Waals surface area contributed by atoms with Crippen LogP contribution in [-0.2, 0) is 0 Å². The second-order valence-corrected chi connectivity index (χ2v) is 8.64. The fourth-order valence-corrected chi connectivity index (χ4v) is 5.51. The number of benzene rings is 3. The summed E-state index contributed by atoms with van der Waals surface area (Å²) >= 11 is 1.91. The summed E-state index contributed by atoms with van der Waals surface area (Å²) in [6.07, 6.45) is 0. The molecule has 5 rings (SSSR count). The molecule has 0 spiro atoms. The van der Waals surface area contributed by atoms with Crippen LogP contribution in [0.5, 0.6) is 0 Å². The van der Waals surface area contributed by atoms with Crippen molar-refractivity contribution >= 4 is 48.6 Å². The number of para-hydroxylation sites is 2. The van der Waals surface area contributed by atoms with Crippen LogP contribution in [-0.4, -0.2) is 12.7 Å². The van der Waals surface area contributed by atoms with Crippen LogP contribution < -0.4 is 9.80 Å². The molecule has 0 amide bonds. The van der Waals surface area contributed by atoms with Gasteiger partial charge in [0.2, 0.25) is 0 Å². The molecule has 0 bridgehead atoms. The average molecular weight is 359 g/mol. The molecule has 130 valence electrons. The maximum Gasteiger partial charge on any atom is 0.112 e. The van der Waals surface area contributed by atoms with Gasteiger partial charge in [0.05, 0.1) is 21.8 Å². The average Bonchev–Trinajstić information content (AvgIpc) is 3.10. The van der Waals surface area contributed by atoms with E-state index in [-0.39, 0.29) is 5.66 Å². The highest BCUT2D eigenvalue weighted by Gasteiger charge is 2.42. The van der Waals surface area contributed by atoms with Crippen LogP contribution in [0.4, 0.5) is 17.1 Å². The fourth-order valence-electron chi connectivity index (χ4n) is 4.22. The van der Waals surface area contributed by atoms with E-state index in [1.807, 2.05) is 11.3 Å². The standard InChI is InChI=1S/C23H22N2S/c1-15-13-14-17-16-9-5-8-12-20(16)26-22(17)21(15)25-19-11-7-6-10-18(19)24(4)23(25,2)3/h5-14H,1-4H3. The number of hydrogen-bond acceptors (Lipinski definition) is 3. The second kappa shape index (κ2) is 5.24. The van der Waals surface area contributed by atoms with E-state index in [4.69, 9.17) is 0 Å². The van der Waals surface area contributed by atoms with Gasteiger partial charge in [-0.3, -0.25) is 0 Å². The molecule has 3 aromatic carbocycles. The molecular formula is C23H22N2S. The molecule has 0 aliphatic carbocycles. The van der Waals surface area contributed by atoms with Crippen LogP contribution in [0.1, 0.15) is 19.4 Å².